The second-order valence-corrected chi connectivity index (χ2v) is 6.59. The van der Waals surface area contributed by atoms with Gasteiger partial charge in [-0.3, -0.25) is 4.99 Å². The molecule has 6 nitrogen and oxygen atoms in total. The normalized spacial score (nSPS) is 15.8. The van der Waals surface area contributed by atoms with Gasteiger partial charge >= 0.3 is 0 Å². The van der Waals surface area contributed by atoms with E-state index in [9.17, 15) is 0 Å². The fraction of sp³-hybridized carbons (Fsp3) is 0.650. The van der Waals surface area contributed by atoms with E-state index < -0.39 is 0 Å². The quantitative estimate of drug-likeness (QED) is 0.330. The average Bonchev–Trinajstić information content (AvgIpc) is 2.68. The van der Waals surface area contributed by atoms with E-state index in [2.05, 4.69) is 27.4 Å². The van der Waals surface area contributed by atoms with Crippen LogP contribution < -0.4 is 20.1 Å². The first-order valence-corrected chi connectivity index (χ1v) is 9.71. The van der Waals surface area contributed by atoms with Crippen LogP contribution in [0.3, 0.4) is 0 Å². The fourth-order valence-corrected chi connectivity index (χ4v) is 3.32. The van der Waals surface area contributed by atoms with Gasteiger partial charge in [0.15, 0.2) is 17.5 Å². The zero-order valence-corrected chi connectivity index (χ0v) is 19.4. The van der Waals surface area contributed by atoms with Crippen LogP contribution in [0.5, 0.6) is 11.5 Å². The smallest absolute Gasteiger partial charge is 0.195 e. The number of likely N-dealkylation sites (tertiary alicyclic amines) is 1. The van der Waals surface area contributed by atoms with Crippen LogP contribution in [0.2, 0.25) is 0 Å². The molecule has 1 aliphatic rings. The molecule has 2 rings (SSSR count). The zero-order chi connectivity index (χ0) is 18.8. The van der Waals surface area contributed by atoms with Crippen LogP contribution >= 0.6 is 24.0 Å². The minimum absolute atomic E-state index is 0. The molecule has 1 aliphatic heterocycles. The Morgan fingerprint density at radius 1 is 1.22 bits per heavy atom. The van der Waals surface area contributed by atoms with Gasteiger partial charge in [0.2, 0.25) is 0 Å². The van der Waals surface area contributed by atoms with E-state index in [4.69, 9.17) is 9.47 Å². The molecule has 0 bridgehead atoms. The highest BCUT2D eigenvalue weighted by Gasteiger charge is 2.17. The molecule has 0 spiro atoms. The Balaban J connectivity index is 0.00000364. The molecule has 1 saturated heterocycles. The number of guanidine groups is 1. The standard InChI is InChI=1S/C20H34N4O2.HI/c1-5-24-13-10-16(11-14-24)9-12-22-20(21-3)23-17-7-8-18(26-6-2)19(15-17)25-4;/h7-8,15-16H,5-6,9-14H2,1-4H3,(H2,21,22,23);1H. The third kappa shape index (κ3) is 7.73. The van der Waals surface area contributed by atoms with Crippen LogP contribution in [0, 0.1) is 5.92 Å². The summed E-state index contributed by atoms with van der Waals surface area (Å²) in [5.41, 5.74) is 0.926. The first-order valence-electron chi connectivity index (χ1n) is 9.71. The van der Waals surface area contributed by atoms with E-state index in [0.717, 1.165) is 35.6 Å². The third-order valence-electron chi connectivity index (χ3n) is 4.95. The van der Waals surface area contributed by atoms with E-state index in [1.807, 2.05) is 25.1 Å². The Labute approximate surface area is 181 Å². The number of hydrogen-bond acceptors (Lipinski definition) is 4. The van der Waals surface area contributed by atoms with Gasteiger partial charge in [-0.15, -0.1) is 24.0 Å². The number of nitrogens with one attached hydrogen (secondary N) is 2. The van der Waals surface area contributed by atoms with Gasteiger partial charge in [0, 0.05) is 25.3 Å². The SMILES string of the molecule is CCOc1ccc(NC(=NC)NCCC2CCN(CC)CC2)cc1OC.I. The molecule has 154 valence electrons. The minimum atomic E-state index is 0. The highest BCUT2D eigenvalue weighted by molar-refractivity contribution is 14.0. The monoisotopic (exact) mass is 490 g/mol. The Hall–Kier alpha value is -1.22. The second-order valence-electron chi connectivity index (χ2n) is 6.59. The molecule has 1 aromatic carbocycles. The predicted molar refractivity (Wildman–Crippen MR) is 124 cm³/mol. The number of methoxy groups -OCH3 is 1. The summed E-state index contributed by atoms with van der Waals surface area (Å²) in [6, 6.07) is 5.82. The second kappa shape index (κ2) is 13.0. The van der Waals surface area contributed by atoms with Gasteiger partial charge in [0.25, 0.3) is 0 Å². The maximum atomic E-state index is 5.56. The van der Waals surface area contributed by atoms with Crippen molar-refractivity contribution >= 4 is 35.6 Å². The molecular weight excluding hydrogens is 455 g/mol. The van der Waals surface area contributed by atoms with Crippen LogP contribution in [0.1, 0.15) is 33.1 Å². The molecular formula is C20H35IN4O2. The molecule has 0 aromatic heterocycles. The summed E-state index contributed by atoms with van der Waals surface area (Å²) in [5.74, 6) is 3.06. The van der Waals surface area contributed by atoms with Gasteiger partial charge in [-0.2, -0.15) is 0 Å². The topological polar surface area (TPSA) is 58.1 Å². The van der Waals surface area contributed by atoms with Gasteiger partial charge in [-0.25, -0.2) is 0 Å². The minimum Gasteiger partial charge on any atom is -0.493 e. The first-order chi connectivity index (χ1) is 12.7. The summed E-state index contributed by atoms with van der Waals surface area (Å²) >= 11 is 0. The Bertz CT molecular complexity index is 575. The number of aliphatic imine (C=N–C) groups is 1. The van der Waals surface area contributed by atoms with Crippen molar-refractivity contribution in [2.45, 2.75) is 33.1 Å². The fourth-order valence-electron chi connectivity index (χ4n) is 3.32. The van der Waals surface area contributed by atoms with Gasteiger partial charge in [-0.1, -0.05) is 6.92 Å². The molecule has 0 amide bonds. The number of hydrogen-bond donors (Lipinski definition) is 2. The molecule has 0 atom stereocenters. The number of halogens is 1. The van der Waals surface area contributed by atoms with Crippen molar-refractivity contribution < 1.29 is 9.47 Å². The number of nitrogens with zero attached hydrogens (tertiary/aromatic N) is 2. The Morgan fingerprint density at radius 2 is 1.96 bits per heavy atom. The molecule has 7 heteroatoms. The largest absolute Gasteiger partial charge is 0.493 e. The summed E-state index contributed by atoms with van der Waals surface area (Å²) in [7, 11) is 3.44. The van der Waals surface area contributed by atoms with Crippen LogP contribution in [-0.2, 0) is 0 Å². The lowest BCUT2D eigenvalue weighted by Crippen LogP contribution is -2.36. The first kappa shape index (κ1) is 23.8. The van der Waals surface area contributed by atoms with Crippen molar-refractivity contribution in [2.24, 2.45) is 10.9 Å². The van der Waals surface area contributed by atoms with E-state index in [0.29, 0.717) is 6.61 Å². The lowest BCUT2D eigenvalue weighted by Gasteiger charge is -2.31. The van der Waals surface area contributed by atoms with E-state index in [1.54, 1.807) is 14.2 Å². The number of piperidine rings is 1. The lowest BCUT2D eigenvalue weighted by molar-refractivity contribution is 0.187. The van der Waals surface area contributed by atoms with Crippen LogP contribution in [0.25, 0.3) is 0 Å². The molecule has 0 unspecified atom stereocenters. The van der Waals surface area contributed by atoms with Crippen LogP contribution in [0.4, 0.5) is 5.69 Å². The van der Waals surface area contributed by atoms with Crippen molar-refractivity contribution in [1.29, 1.82) is 0 Å². The highest BCUT2D eigenvalue weighted by Crippen LogP contribution is 2.30. The molecule has 27 heavy (non-hydrogen) atoms. The van der Waals surface area contributed by atoms with Crippen LogP contribution in [-0.4, -0.2) is 57.8 Å². The Kier molecular flexibility index (Phi) is 11.5. The van der Waals surface area contributed by atoms with Gasteiger partial charge < -0.3 is 25.0 Å². The lowest BCUT2D eigenvalue weighted by atomic mass is 9.93. The summed E-state index contributed by atoms with van der Waals surface area (Å²) in [4.78, 5) is 6.85. The van der Waals surface area contributed by atoms with Crippen molar-refractivity contribution in [1.82, 2.24) is 10.2 Å². The number of ether oxygens (including phenoxy) is 2. The predicted octanol–water partition coefficient (Wildman–Crippen LogP) is 3.82. The van der Waals surface area contributed by atoms with Crippen molar-refractivity contribution in [3.63, 3.8) is 0 Å². The summed E-state index contributed by atoms with van der Waals surface area (Å²) in [5, 5.41) is 6.74. The maximum absolute atomic E-state index is 5.56. The third-order valence-corrected chi connectivity index (χ3v) is 4.95. The summed E-state index contributed by atoms with van der Waals surface area (Å²) in [6.07, 6.45) is 3.79. The van der Waals surface area contributed by atoms with Gasteiger partial charge in [0.1, 0.15) is 0 Å². The Morgan fingerprint density at radius 3 is 2.56 bits per heavy atom. The number of benzene rings is 1. The van der Waals surface area contributed by atoms with E-state index in [1.165, 1.54) is 38.9 Å². The molecule has 1 heterocycles. The van der Waals surface area contributed by atoms with E-state index in [-0.39, 0.29) is 24.0 Å². The van der Waals surface area contributed by atoms with E-state index >= 15 is 0 Å². The average molecular weight is 490 g/mol. The molecule has 0 radical (unpaired) electrons. The molecule has 0 aliphatic carbocycles. The number of rotatable bonds is 8. The molecule has 1 aromatic rings. The van der Waals surface area contributed by atoms with Crippen molar-refractivity contribution in [3.8, 4) is 11.5 Å². The van der Waals surface area contributed by atoms with Crippen molar-refractivity contribution in [3.05, 3.63) is 18.2 Å². The molecule has 1 fully saturated rings. The highest BCUT2D eigenvalue weighted by atomic mass is 127. The molecule has 0 saturated carbocycles. The summed E-state index contributed by atoms with van der Waals surface area (Å²) < 4.78 is 11.0. The zero-order valence-electron chi connectivity index (χ0n) is 17.1. The number of anilines is 1. The van der Waals surface area contributed by atoms with Crippen molar-refractivity contribution in [2.75, 3.05) is 52.3 Å². The van der Waals surface area contributed by atoms with Crippen LogP contribution in [0.15, 0.2) is 23.2 Å². The molecule has 2 N–H and O–H groups in total. The summed E-state index contributed by atoms with van der Waals surface area (Å²) in [6.45, 7) is 9.40. The van der Waals surface area contributed by atoms with Gasteiger partial charge in [0.05, 0.1) is 13.7 Å². The maximum Gasteiger partial charge on any atom is 0.195 e. The van der Waals surface area contributed by atoms with Gasteiger partial charge in [-0.05, 0) is 63.9 Å².